The molecule has 0 unspecified atom stereocenters. The maximum Gasteiger partial charge on any atom is 0.272 e. The van der Waals surface area contributed by atoms with Gasteiger partial charge in [0.05, 0.1) is 0 Å². The van der Waals surface area contributed by atoms with Gasteiger partial charge in [-0.05, 0) is 60.4 Å². The fraction of sp³-hybridized carbons (Fsp3) is 0.364. The summed E-state index contributed by atoms with van der Waals surface area (Å²) < 4.78 is 0. The molecule has 2 aromatic carbocycles. The van der Waals surface area contributed by atoms with Gasteiger partial charge in [-0.15, -0.1) is 0 Å². The van der Waals surface area contributed by atoms with E-state index >= 15 is 0 Å². The predicted molar refractivity (Wildman–Crippen MR) is 159 cm³/mol. The molecule has 0 N–H and O–H groups in total. The molecule has 2 aliphatic heterocycles. The van der Waals surface area contributed by atoms with Crippen LogP contribution in [0.3, 0.4) is 0 Å². The zero-order chi connectivity index (χ0) is 29.6. The first-order valence-corrected chi connectivity index (χ1v) is 14.7. The lowest BCUT2D eigenvalue weighted by Crippen LogP contribution is -2.51. The molecule has 2 saturated heterocycles. The Morgan fingerprint density at radius 3 is 1.21 bits per heavy atom. The highest BCUT2D eigenvalue weighted by molar-refractivity contribution is 5.98. The van der Waals surface area contributed by atoms with E-state index in [1.165, 1.54) is 0 Å². The number of amides is 4. The summed E-state index contributed by atoms with van der Waals surface area (Å²) in [4.78, 5) is 63.8. The average Bonchev–Trinajstić information content (AvgIpc) is 3.07. The van der Waals surface area contributed by atoms with Gasteiger partial charge in [0.15, 0.2) is 0 Å². The number of carbonyl (C=O) groups is 4. The van der Waals surface area contributed by atoms with E-state index in [1.807, 2.05) is 48.5 Å². The Morgan fingerprint density at radius 2 is 0.857 bits per heavy atom. The van der Waals surface area contributed by atoms with Crippen LogP contribution in [0.4, 0.5) is 0 Å². The van der Waals surface area contributed by atoms with Crippen molar-refractivity contribution >= 4 is 23.6 Å². The van der Waals surface area contributed by atoms with Gasteiger partial charge in [0.1, 0.15) is 11.4 Å². The largest absolute Gasteiger partial charge is 0.335 e. The normalized spacial score (nSPS) is 15.5. The Morgan fingerprint density at radius 1 is 0.524 bits per heavy atom. The number of rotatable bonds is 6. The number of piperazine rings is 2. The number of aromatic nitrogens is 1. The first-order valence-electron chi connectivity index (χ1n) is 14.7. The van der Waals surface area contributed by atoms with Crippen molar-refractivity contribution in [3.63, 3.8) is 0 Å². The predicted octanol–water partition coefficient (Wildman–Crippen LogP) is 3.40. The quantitative estimate of drug-likeness (QED) is 0.455. The molecule has 0 atom stereocenters. The van der Waals surface area contributed by atoms with Gasteiger partial charge in [0, 0.05) is 63.5 Å². The Labute approximate surface area is 246 Å². The van der Waals surface area contributed by atoms with Crippen LogP contribution in [0.25, 0.3) is 0 Å². The summed E-state index contributed by atoms with van der Waals surface area (Å²) in [7, 11) is 0. The number of aryl methyl sites for hydroxylation is 2. The van der Waals surface area contributed by atoms with Gasteiger partial charge in [-0.3, -0.25) is 19.2 Å². The molecule has 5 rings (SSSR count). The Bertz CT molecular complexity index is 1370. The van der Waals surface area contributed by atoms with Crippen molar-refractivity contribution in [3.8, 4) is 0 Å². The van der Waals surface area contributed by atoms with E-state index in [1.54, 1.807) is 37.8 Å². The lowest BCUT2D eigenvalue weighted by molar-refractivity contribution is 0.0524. The van der Waals surface area contributed by atoms with Crippen LogP contribution < -0.4 is 0 Å². The van der Waals surface area contributed by atoms with E-state index in [0.29, 0.717) is 63.5 Å². The third-order valence-electron chi connectivity index (χ3n) is 8.06. The van der Waals surface area contributed by atoms with Crippen molar-refractivity contribution in [2.45, 2.75) is 26.7 Å². The zero-order valence-corrected chi connectivity index (χ0v) is 24.3. The lowest BCUT2D eigenvalue weighted by atomic mass is 10.1. The highest BCUT2D eigenvalue weighted by Crippen LogP contribution is 2.16. The third kappa shape index (κ3) is 6.35. The summed E-state index contributed by atoms with van der Waals surface area (Å²) in [6.07, 6.45) is 1.73. The molecule has 1 aromatic heterocycles. The van der Waals surface area contributed by atoms with E-state index in [9.17, 15) is 19.2 Å². The standard InChI is InChI=1S/C33H37N5O4/c1-3-24-8-5-10-26(22-24)30(39)35-14-18-37(19-15-35)32(41)28-12-7-13-29(34-28)33(42)38-20-16-36(17-21-38)31(40)27-11-6-9-25(4-2)23-27/h5-13,22-23H,3-4,14-21H2,1-2H3. The second-order valence-electron chi connectivity index (χ2n) is 10.7. The van der Waals surface area contributed by atoms with E-state index in [0.717, 1.165) is 24.0 Å². The lowest BCUT2D eigenvalue weighted by Gasteiger charge is -2.35. The monoisotopic (exact) mass is 567 g/mol. The molecule has 3 heterocycles. The van der Waals surface area contributed by atoms with Gasteiger partial charge >= 0.3 is 0 Å². The molecule has 0 radical (unpaired) electrons. The molecule has 9 nitrogen and oxygen atoms in total. The molecular formula is C33H37N5O4. The zero-order valence-electron chi connectivity index (χ0n) is 24.3. The van der Waals surface area contributed by atoms with Crippen molar-refractivity contribution < 1.29 is 19.2 Å². The highest BCUT2D eigenvalue weighted by atomic mass is 16.2. The Balaban J connectivity index is 1.16. The van der Waals surface area contributed by atoms with Crippen molar-refractivity contribution in [3.05, 3.63) is 100 Å². The van der Waals surface area contributed by atoms with Crippen molar-refractivity contribution in [1.29, 1.82) is 0 Å². The second kappa shape index (κ2) is 13.0. The highest BCUT2D eigenvalue weighted by Gasteiger charge is 2.29. The van der Waals surface area contributed by atoms with Crippen molar-refractivity contribution in [2.75, 3.05) is 52.4 Å². The van der Waals surface area contributed by atoms with Crippen LogP contribution in [0, 0.1) is 0 Å². The fourth-order valence-corrected chi connectivity index (χ4v) is 5.44. The second-order valence-corrected chi connectivity index (χ2v) is 10.7. The fourth-order valence-electron chi connectivity index (χ4n) is 5.44. The van der Waals surface area contributed by atoms with Crippen LogP contribution in [-0.4, -0.2) is 101 Å². The van der Waals surface area contributed by atoms with Crippen LogP contribution in [0.15, 0.2) is 66.7 Å². The molecule has 3 aromatic rings. The van der Waals surface area contributed by atoms with Gasteiger partial charge in [-0.25, -0.2) is 4.98 Å². The van der Waals surface area contributed by atoms with Crippen molar-refractivity contribution in [1.82, 2.24) is 24.6 Å². The van der Waals surface area contributed by atoms with E-state index in [-0.39, 0.29) is 35.0 Å². The maximum atomic E-state index is 13.3. The summed E-state index contributed by atoms with van der Waals surface area (Å²) in [5.74, 6) is -0.567. The summed E-state index contributed by atoms with van der Waals surface area (Å²) in [6.45, 7) is 7.45. The van der Waals surface area contributed by atoms with Gasteiger partial charge < -0.3 is 19.6 Å². The molecular weight excluding hydrogens is 530 g/mol. The molecule has 42 heavy (non-hydrogen) atoms. The number of hydrogen-bond donors (Lipinski definition) is 0. The number of nitrogens with zero attached hydrogens (tertiary/aromatic N) is 5. The molecule has 2 aliphatic rings. The summed E-state index contributed by atoms with van der Waals surface area (Å²) in [5.41, 5.74) is 3.98. The minimum Gasteiger partial charge on any atom is -0.335 e. The Hall–Kier alpha value is -4.53. The molecule has 0 bridgehead atoms. The van der Waals surface area contributed by atoms with Crippen molar-refractivity contribution in [2.24, 2.45) is 0 Å². The molecule has 218 valence electrons. The van der Waals surface area contributed by atoms with E-state index in [2.05, 4.69) is 18.8 Å². The van der Waals surface area contributed by atoms with Gasteiger partial charge in [0.25, 0.3) is 23.6 Å². The molecule has 9 heteroatoms. The van der Waals surface area contributed by atoms with Crippen LogP contribution in [-0.2, 0) is 12.8 Å². The maximum absolute atomic E-state index is 13.3. The number of carbonyl (C=O) groups excluding carboxylic acids is 4. The summed E-state index contributed by atoms with van der Waals surface area (Å²) >= 11 is 0. The first kappa shape index (κ1) is 29.0. The molecule has 2 fully saturated rings. The van der Waals surface area contributed by atoms with Crippen LogP contribution in [0.5, 0.6) is 0 Å². The van der Waals surface area contributed by atoms with Crippen LogP contribution in [0.1, 0.15) is 66.7 Å². The number of pyridine rings is 1. The van der Waals surface area contributed by atoms with E-state index in [4.69, 9.17) is 0 Å². The number of benzene rings is 2. The van der Waals surface area contributed by atoms with Gasteiger partial charge in [-0.1, -0.05) is 44.2 Å². The van der Waals surface area contributed by atoms with Gasteiger partial charge in [0.2, 0.25) is 0 Å². The Kier molecular flexibility index (Phi) is 8.95. The average molecular weight is 568 g/mol. The molecule has 0 spiro atoms. The molecule has 0 aliphatic carbocycles. The first-order chi connectivity index (χ1) is 20.4. The SMILES string of the molecule is CCc1cccc(C(=O)N2CCN(C(=O)c3cccc(C(=O)N4CCN(C(=O)c5cccc(CC)c5)CC4)n3)CC2)c1. The third-order valence-corrected chi connectivity index (χ3v) is 8.06. The number of hydrogen-bond acceptors (Lipinski definition) is 5. The van der Waals surface area contributed by atoms with Gasteiger partial charge in [-0.2, -0.15) is 0 Å². The summed E-state index contributed by atoms with van der Waals surface area (Å²) in [5, 5.41) is 0. The summed E-state index contributed by atoms with van der Waals surface area (Å²) in [6, 6.07) is 20.2. The smallest absolute Gasteiger partial charge is 0.272 e. The topological polar surface area (TPSA) is 94.1 Å². The minimum atomic E-state index is -0.255. The van der Waals surface area contributed by atoms with Crippen LogP contribution in [0.2, 0.25) is 0 Å². The molecule has 0 saturated carbocycles. The van der Waals surface area contributed by atoms with Crippen LogP contribution >= 0.6 is 0 Å². The molecule has 4 amide bonds. The minimum absolute atomic E-state index is 0.0283. The van der Waals surface area contributed by atoms with E-state index < -0.39 is 0 Å².